The predicted octanol–water partition coefficient (Wildman–Crippen LogP) is 4.62. The zero-order chi connectivity index (χ0) is 24.9. The number of anilines is 2. The lowest BCUT2D eigenvalue weighted by atomic mass is 10.1. The molecule has 0 unspecified atom stereocenters. The number of hydrogen-bond donors (Lipinski definition) is 1. The van der Waals surface area contributed by atoms with Crippen molar-refractivity contribution >= 4 is 33.3 Å². The van der Waals surface area contributed by atoms with Gasteiger partial charge in [0.05, 0.1) is 22.8 Å². The van der Waals surface area contributed by atoms with Crippen LogP contribution in [0.4, 0.5) is 11.4 Å². The van der Waals surface area contributed by atoms with Gasteiger partial charge in [0.2, 0.25) is 5.91 Å². The van der Waals surface area contributed by atoms with E-state index in [9.17, 15) is 18.0 Å². The summed E-state index contributed by atoms with van der Waals surface area (Å²) in [6, 6.07) is 18.3. The number of amides is 1. The highest BCUT2D eigenvalue weighted by Crippen LogP contribution is 2.28. The molecular weight excluding hydrogens is 452 g/mol. The van der Waals surface area contributed by atoms with Gasteiger partial charge in [-0.1, -0.05) is 42.0 Å². The quantitative estimate of drug-likeness (QED) is 0.475. The fourth-order valence-electron chi connectivity index (χ4n) is 3.63. The summed E-state index contributed by atoms with van der Waals surface area (Å²) in [6.07, 6.45) is 0. The van der Waals surface area contributed by atoms with E-state index in [1.165, 1.54) is 12.1 Å². The minimum Gasteiger partial charge on any atom is -0.462 e. The average molecular weight is 481 g/mol. The summed E-state index contributed by atoms with van der Waals surface area (Å²) in [6.45, 7) is 6.93. The van der Waals surface area contributed by atoms with Gasteiger partial charge < -0.3 is 10.1 Å². The van der Waals surface area contributed by atoms with E-state index in [1.807, 2.05) is 13.0 Å². The van der Waals surface area contributed by atoms with Crippen LogP contribution in [-0.4, -0.2) is 33.4 Å². The molecule has 0 aromatic heterocycles. The minimum absolute atomic E-state index is 0.0864. The molecule has 0 spiro atoms. The maximum absolute atomic E-state index is 13.5. The Hall–Kier alpha value is -3.65. The van der Waals surface area contributed by atoms with Crippen LogP contribution in [0.15, 0.2) is 71.6 Å². The van der Waals surface area contributed by atoms with Crippen molar-refractivity contribution in [3.63, 3.8) is 0 Å². The molecule has 0 fully saturated rings. The zero-order valence-electron chi connectivity index (χ0n) is 19.7. The molecule has 7 nitrogen and oxygen atoms in total. The molecule has 34 heavy (non-hydrogen) atoms. The number of benzene rings is 3. The van der Waals surface area contributed by atoms with Crippen molar-refractivity contribution in [3.05, 3.63) is 89.0 Å². The minimum atomic E-state index is -4.02. The summed E-state index contributed by atoms with van der Waals surface area (Å²) in [5.74, 6) is -1.02. The highest BCUT2D eigenvalue weighted by molar-refractivity contribution is 7.92. The second kappa shape index (κ2) is 10.5. The smallest absolute Gasteiger partial charge is 0.338 e. The van der Waals surface area contributed by atoms with E-state index in [4.69, 9.17) is 4.74 Å². The highest BCUT2D eigenvalue weighted by Gasteiger charge is 2.28. The van der Waals surface area contributed by atoms with Gasteiger partial charge in [0.25, 0.3) is 10.0 Å². The molecule has 1 N–H and O–H groups in total. The van der Waals surface area contributed by atoms with Crippen LogP contribution in [0.5, 0.6) is 0 Å². The van der Waals surface area contributed by atoms with Gasteiger partial charge in [0, 0.05) is 5.69 Å². The number of nitrogens with one attached hydrogen (secondary N) is 1. The first-order chi connectivity index (χ1) is 16.1. The Kier molecular flexibility index (Phi) is 7.73. The monoisotopic (exact) mass is 480 g/mol. The number of nitrogens with zero attached hydrogens (tertiary/aromatic N) is 1. The number of ether oxygens (including phenoxy) is 1. The standard InChI is InChI=1S/C26H28N2O5S/c1-5-33-26(30)22-12-9-13-23(20(22)4)27-25(29)17-28(24-15-14-18(2)16-19(24)3)34(31,32)21-10-7-6-8-11-21/h6-16H,5,17H2,1-4H3,(H,27,29). The third-order valence-electron chi connectivity index (χ3n) is 5.34. The molecule has 3 rings (SSSR count). The lowest BCUT2D eigenvalue weighted by Gasteiger charge is -2.26. The van der Waals surface area contributed by atoms with E-state index in [0.29, 0.717) is 22.5 Å². The Bertz CT molecular complexity index is 1300. The Balaban J connectivity index is 1.96. The van der Waals surface area contributed by atoms with Crippen LogP contribution in [0.3, 0.4) is 0 Å². The summed E-state index contributed by atoms with van der Waals surface area (Å²) in [5.41, 5.74) is 3.41. The van der Waals surface area contributed by atoms with E-state index in [-0.39, 0.29) is 11.5 Å². The molecule has 0 aliphatic rings. The van der Waals surface area contributed by atoms with E-state index < -0.39 is 28.4 Å². The molecule has 0 atom stereocenters. The number of hydrogen-bond acceptors (Lipinski definition) is 5. The van der Waals surface area contributed by atoms with Crippen LogP contribution in [0, 0.1) is 20.8 Å². The van der Waals surface area contributed by atoms with Crippen molar-refractivity contribution in [2.75, 3.05) is 22.8 Å². The van der Waals surface area contributed by atoms with Crippen molar-refractivity contribution in [1.82, 2.24) is 0 Å². The third kappa shape index (κ3) is 5.46. The number of rotatable bonds is 8. The number of carbonyl (C=O) groups is 2. The number of carbonyl (C=O) groups excluding carboxylic acids is 2. The Morgan fingerprint density at radius 3 is 2.29 bits per heavy atom. The number of sulfonamides is 1. The van der Waals surface area contributed by atoms with Crippen molar-refractivity contribution in [2.45, 2.75) is 32.6 Å². The van der Waals surface area contributed by atoms with Crippen LogP contribution >= 0.6 is 0 Å². The summed E-state index contributed by atoms with van der Waals surface area (Å²) >= 11 is 0. The van der Waals surface area contributed by atoms with Crippen LogP contribution in [-0.2, 0) is 19.6 Å². The largest absolute Gasteiger partial charge is 0.462 e. The van der Waals surface area contributed by atoms with Gasteiger partial charge in [-0.3, -0.25) is 9.10 Å². The van der Waals surface area contributed by atoms with Crippen LogP contribution in [0.2, 0.25) is 0 Å². The number of esters is 1. The van der Waals surface area contributed by atoms with Gasteiger partial charge in [0.1, 0.15) is 6.54 Å². The molecule has 0 saturated heterocycles. The molecular formula is C26H28N2O5S. The summed E-state index contributed by atoms with van der Waals surface area (Å²) in [4.78, 5) is 25.4. The first-order valence-electron chi connectivity index (χ1n) is 10.9. The van der Waals surface area contributed by atoms with Crippen molar-refractivity contribution in [1.29, 1.82) is 0 Å². The average Bonchev–Trinajstić information content (AvgIpc) is 2.80. The Morgan fingerprint density at radius 1 is 0.941 bits per heavy atom. The maximum Gasteiger partial charge on any atom is 0.338 e. The summed E-state index contributed by atoms with van der Waals surface area (Å²) in [5, 5.41) is 2.75. The molecule has 0 heterocycles. The molecule has 0 radical (unpaired) electrons. The summed E-state index contributed by atoms with van der Waals surface area (Å²) in [7, 11) is -4.02. The first-order valence-corrected chi connectivity index (χ1v) is 12.3. The lowest BCUT2D eigenvalue weighted by molar-refractivity contribution is -0.114. The second-order valence-electron chi connectivity index (χ2n) is 7.86. The van der Waals surface area contributed by atoms with Crippen molar-refractivity contribution in [2.24, 2.45) is 0 Å². The lowest BCUT2D eigenvalue weighted by Crippen LogP contribution is -2.38. The van der Waals surface area contributed by atoms with E-state index in [0.717, 1.165) is 15.4 Å². The molecule has 8 heteroatoms. The molecule has 0 bridgehead atoms. The van der Waals surface area contributed by atoms with Gasteiger partial charge in [0.15, 0.2) is 0 Å². The van der Waals surface area contributed by atoms with Crippen LogP contribution in [0.25, 0.3) is 0 Å². The first kappa shape index (κ1) is 25.0. The van der Waals surface area contributed by atoms with Crippen molar-refractivity contribution < 1.29 is 22.7 Å². The second-order valence-corrected chi connectivity index (χ2v) is 9.72. The van der Waals surface area contributed by atoms with Crippen molar-refractivity contribution in [3.8, 4) is 0 Å². The SMILES string of the molecule is CCOC(=O)c1cccc(NC(=O)CN(c2ccc(C)cc2C)S(=O)(=O)c2ccccc2)c1C. The normalized spacial score (nSPS) is 11.1. The fraction of sp³-hybridized carbons (Fsp3) is 0.231. The topological polar surface area (TPSA) is 92.8 Å². The van der Waals surface area contributed by atoms with E-state index >= 15 is 0 Å². The van der Waals surface area contributed by atoms with Gasteiger partial charge in [-0.25, -0.2) is 13.2 Å². The van der Waals surface area contributed by atoms with E-state index in [1.54, 1.807) is 69.3 Å². The third-order valence-corrected chi connectivity index (χ3v) is 7.12. The molecule has 178 valence electrons. The molecule has 0 aliphatic heterocycles. The fourth-order valence-corrected chi connectivity index (χ4v) is 5.13. The number of aryl methyl sites for hydroxylation is 2. The van der Waals surface area contributed by atoms with Gasteiger partial charge in [-0.15, -0.1) is 0 Å². The molecule has 0 aliphatic carbocycles. The highest BCUT2D eigenvalue weighted by atomic mass is 32.2. The maximum atomic E-state index is 13.5. The van der Waals surface area contributed by atoms with Gasteiger partial charge >= 0.3 is 5.97 Å². The van der Waals surface area contributed by atoms with Crippen LogP contribution < -0.4 is 9.62 Å². The summed E-state index contributed by atoms with van der Waals surface area (Å²) < 4.78 is 33.2. The Labute approximate surface area is 200 Å². The predicted molar refractivity (Wildman–Crippen MR) is 133 cm³/mol. The van der Waals surface area contributed by atoms with Gasteiger partial charge in [-0.2, -0.15) is 0 Å². The molecule has 0 saturated carbocycles. The molecule has 1 amide bonds. The molecule has 3 aromatic rings. The molecule has 3 aromatic carbocycles. The van der Waals surface area contributed by atoms with E-state index in [2.05, 4.69) is 5.32 Å². The Morgan fingerprint density at radius 2 is 1.65 bits per heavy atom. The van der Waals surface area contributed by atoms with Gasteiger partial charge in [-0.05, 0) is 69.2 Å². The zero-order valence-corrected chi connectivity index (χ0v) is 20.5. The van der Waals surface area contributed by atoms with Crippen LogP contribution in [0.1, 0.15) is 34.0 Å².